The second-order valence-corrected chi connectivity index (χ2v) is 8.54. The summed E-state index contributed by atoms with van der Waals surface area (Å²) >= 11 is 3.12. The van der Waals surface area contributed by atoms with Gasteiger partial charge in [0.1, 0.15) is 16.2 Å². The minimum atomic E-state index is -0.295. The van der Waals surface area contributed by atoms with Crippen LogP contribution >= 0.6 is 23.1 Å². The zero-order valence-corrected chi connectivity index (χ0v) is 16.4. The van der Waals surface area contributed by atoms with Crippen LogP contribution in [-0.4, -0.2) is 27.5 Å². The van der Waals surface area contributed by atoms with Crippen LogP contribution in [0.4, 0.5) is 0 Å². The number of hydrogen-bond donors (Lipinski definition) is 1. The van der Waals surface area contributed by atoms with Crippen molar-refractivity contribution in [2.24, 2.45) is 0 Å². The summed E-state index contributed by atoms with van der Waals surface area (Å²) < 4.78 is 0. The summed E-state index contributed by atoms with van der Waals surface area (Å²) in [5.41, 5.74) is 2.24. The van der Waals surface area contributed by atoms with Crippen molar-refractivity contribution in [3.05, 3.63) is 52.7 Å². The highest BCUT2D eigenvalue weighted by molar-refractivity contribution is 8.00. The van der Waals surface area contributed by atoms with E-state index in [2.05, 4.69) is 15.3 Å². The Hall–Kier alpha value is -2.25. The lowest BCUT2D eigenvalue weighted by Crippen LogP contribution is -2.33. The second-order valence-electron chi connectivity index (χ2n) is 6.49. The van der Waals surface area contributed by atoms with Crippen molar-refractivity contribution < 1.29 is 9.59 Å². The van der Waals surface area contributed by atoms with Crippen molar-refractivity contribution in [1.29, 1.82) is 0 Å². The summed E-state index contributed by atoms with van der Waals surface area (Å²) in [7, 11) is 0. The van der Waals surface area contributed by atoms with Crippen molar-refractivity contribution in [3.8, 4) is 0 Å². The lowest BCUT2D eigenvalue weighted by atomic mass is 9.97. The Kier molecular flexibility index (Phi) is 5.50. The first kappa shape index (κ1) is 18.1. The SMILES string of the molecule is O=C(CSc1ncnc2sc3c(c12)CCCC3)NC(=O)Cc1ccccc1. The zero-order valence-electron chi connectivity index (χ0n) is 14.7. The Balaban J connectivity index is 1.40. The molecule has 0 saturated carbocycles. The van der Waals surface area contributed by atoms with Crippen LogP contribution < -0.4 is 5.32 Å². The fraction of sp³-hybridized carbons (Fsp3) is 0.300. The summed E-state index contributed by atoms with van der Waals surface area (Å²) in [6.45, 7) is 0. The maximum Gasteiger partial charge on any atom is 0.236 e. The van der Waals surface area contributed by atoms with Gasteiger partial charge in [0.15, 0.2) is 0 Å². The highest BCUT2D eigenvalue weighted by Crippen LogP contribution is 2.39. The molecule has 2 heterocycles. The number of imide groups is 1. The first-order valence-corrected chi connectivity index (χ1v) is 10.8. The van der Waals surface area contributed by atoms with Gasteiger partial charge in [-0.2, -0.15) is 0 Å². The number of carbonyl (C=O) groups is 2. The molecule has 5 nitrogen and oxygen atoms in total. The van der Waals surface area contributed by atoms with Crippen molar-refractivity contribution in [1.82, 2.24) is 15.3 Å². The molecule has 7 heteroatoms. The minimum absolute atomic E-state index is 0.164. The van der Waals surface area contributed by atoms with Gasteiger partial charge in [-0.3, -0.25) is 14.9 Å². The molecular formula is C20H19N3O2S2. The molecule has 1 aromatic carbocycles. The number of carbonyl (C=O) groups excluding carboxylic acids is 2. The van der Waals surface area contributed by atoms with Crippen LogP contribution in [0.3, 0.4) is 0 Å². The standard InChI is InChI=1S/C20H19N3O2S2/c24-16(10-13-6-2-1-3-7-13)23-17(25)11-26-19-18-14-8-4-5-9-15(14)27-20(18)22-12-21-19/h1-3,6-7,12H,4-5,8-11H2,(H,23,24,25). The van der Waals surface area contributed by atoms with E-state index in [9.17, 15) is 9.59 Å². The molecule has 1 N–H and O–H groups in total. The molecule has 0 bridgehead atoms. The number of hydrogen-bond acceptors (Lipinski definition) is 6. The number of thioether (sulfide) groups is 1. The van der Waals surface area contributed by atoms with Gasteiger partial charge in [0.25, 0.3) is 0 Å². The Morgan fingerprint density at radius 3 is 2.74 bits per heavy atom. The van der Waals surface area contributed by atoms with Gasteiger partial charge < -0.3 is 0 Å². The maximum atomic E-state index is 12.2. The quantitative estimate of drug-likeness (QED) is 0.527. The number of rotatable bonds is 5. The molecule has 27 heavy (non-hydrogen) atoms. The molecule has 1 aliphatic rings. The molecule has 0 spiro atoms. The predicted molar refractivity (Wildman–Crippen MR) is 108 cm³/mol. The molecular weight excluding hydrogens is 378 g/mol. The molecule has 4 rings (SSSR count). The van der Waals surface area contributed by atoms with Crippen LogP contribution in [0.1, 0.15) is 28.8 Å². The Bertz CT molecular complexity index is 986. The number of aryl methyl sites for hydroxylation is 2. The fourth-order valence-electron chi connectivity index (χ4n) is 3.32. The third-order valence-corrected chi connectivity index (χ3v) is 6.73. The highest BCUT2D eigenvalue weighted by atomic mass is 32.2. The van der Waals surface area contributed by atoms with Gasteiger partial charge in [-0.15, -0.1) is 11.3 Å². The van der Waals surface area contributed by atoms with Crippen LogP contribution in [0.15, 0.2) is 41.7 Å². The number of nitrogens with one attached hydrogen (secondary N) is 1. The zero-order chi connectivity index (χ0) is 18.6. The van der Waals surface area contributed by atoms with Gasteiger partial charge >= 0.3 is 0 Å². The second kappa shape index (κ2) is 8.19. The average Bonchev–Trinajstić information content (AvgIpc) is 3.06. The van der Waals surface area contributed by atoms with E-state index in [4.69, 9.17) is 0 Å². The number of aromatic nitrogens is 2. The van der Waals surface area contributed by atoms with E-state index in [1.54, 1.807) is 17.7 Å². The summed E-state index contributed by atoms with van der Waals surface area (Å²) in [5, 5.41) is 4.40. The topological polar surface area (TPSA) is 72.0 Å². The van der Waals surface area contributed by atoms with E-state index in [1.807, 2.05) is 30.3 Å². The van der Waals surface area contributed by atoms with E-state index < -0.39 is 0 Å². The lowest BCUT2D eigenvalue weighted by molar-refractivity contribution is -0.128. The number of benzene rings is 1. The fourth-order valence-corrected chi connectivity index (χ4v) is 5.44. The van der Waals surface area contributed by atoms with Crippen molar-refractivity contribution in [2.45, 2.75) is 37.1 Å². The molecule has 0 saturated heterocycles. The summed E-state index contributed by atoms with van der Waals surface area (Å²) in [4.78, 5) is 35.4. The van der Waals surface area contributed by atoms with E-state index in [0.29, 0.717) is 0 Å². The number of fused-ring (bicyclic) bond motifs is 3. The van der Waals surface area contributed by atoms with Crippen molar-refractivity contribution in [2.75, 3.05) is 5.75 Å². The van der Waals surface area contributed by atoms with Crippen LogP contribution in [0.2, 0.25) is 0 Å². The molecule has 0 radical (unpaired) electrons. The molecule has 2 amide bonds. The highest BCUT2D eigenvalue weighted by Gasteiger charge is 2.20. The van der Waals surface area contributed by atoms with Crippen LogP contribution in [0.25, 0.3) is 10.2 Å². The number of nitrogens with zero attached hydrogens (tertiary/aromatic N) is 2. The van der Waals surface area contributed by atoms with Crippen molar-refractivity contribution in [3.63, 3.8) is 0 Å². The molecule has 1 aliphatic carbocycles. The monoisotopic (exact) mass is 397 g/mol. The molecule has 2 aromatic heterocycles. The Morgan fingerprint density at radius 1 is 1.07 bits per heavy atom. The predicted octanol–water partition coefficient (Wildman–Crippen LogP) is 3.55. The molecule has 0 unspecified atom stereocenters. The summed E-state index contributed by atoms with van der Waals surface area (Å²) in [5.74, 6) is -0.415. The van der Waals surface area contributed by atoms with E-state index in [0.717, 1.165) is 33.6 Å². The lowest BCUT2D eigenvalue weighted by Gasteiger charge is -2.11. The van der Waals surface area contributed by atoms with Gasteiger partial charge in [0.2, 0.25) is 11.8 Å². The summed E-state index contributed by atoms with van der Waals surface area (Å²) in [6.07, 6.45) is 6.33. The third kappa shape index (κ3) is 4.20. The normalized spacial score (nSPS) is 13.3. The molecule has 138 valence electrons. The largest absolute Gasteiger partial charge is 0.295 e. The third-order valence-electron chi connectivity index (χ3n) is 4.54. The van der Waals surface area contributed by atoms with E-state index in [1.165, 1.54) is 35.0 Å². The minimum Gasteiger partial charge on any atom is -0.295 e. The van der Waals surface area contributed by atoms with Gasteiger partial charge in [-0.05, 0) is 36.8 Å². The molecule has 0 fully saturated rings. The smallest absolute Gasteiger partial charge is 0.236 e. The first-order valence-electron chi connectivity index (χ1n) is 8.95. The summed E-state index contributed by atoms with van der Waals surface area (Å²) in [6, 6.07) is 9.39. The van der Waals surface area contributed by atoms with Gasteiger partial charge in [-0.25, -0.2) is 9.97 Å². The van der Waals surface area contributed by atoms with Gasteiger partial charge in [0, 0.05) is 10.3 Å². The number of amides is 2. The van der Waals surface area contributed by atoms with Gasteiger partial charge in [-0.1, -0.05) is 42.1 Å². The Labute approximate surface area is 165 Å². The van der Waals surface area contributed by atoms with Crippen LogP contribution in [-0.2, 0) is 28.9 Å². The van der Waals surface area contributed by atoms with Gasteiger partial charge in [0.05, 0.1) is 12.2 Å². The molecule has 0 atom stereocenters. The van der Waals surface area contributed by atoms with E-state index in [-0.39, 0.29) is 24.0 Å². The molecule has 3 aromatic rings. The maximum absolute atomic E-state index is 12.2. The van der Waals surface area contributed by atoms with Crippen molar-refractivity contribution >= 4 is 45.1 Å². The first-order chi connectivity index (χ1) is 13.2. The number of thiophene rings is 1. The van der Waals surface area contributed by atoms with E-state index >= 15 is 0 Å². The Morgan fingerprint density at radius 2 is 1.89 bits per heavy atom. The van der Waals surface area contributed by atoms with Crippen LogP contribution in [0.5, 0.6) is 0 Å². The molecule has 0 aliphatic heterocycles. The average molecular weight is 398 g/mol. The van der Waals surface area contributed by atoms with Crippen LogP contribution in [0, 0.1) is 0 Å².